The lowest BCUT2D eigenvalue weighted by molar-refractivity contribution is 0.0697. The minimum Gasteiger partial charge on any atom is -0.472 e. The van der Waals surface area contributed by atoms with Crippen molar-refractivity contribution in [2.45, 2.75) is 38.1 Å². The lowest BCUT2D eigenvalue weighted by Crippen LogP contribution is -2.46. The summed E-state index contributed by atoms with van der Waals surface area (Å²) >= 11 is 0. The van der Waals surface area contributed by atoms with Crippen LogP contribution in [0.15, 0.2) is 41.2 Å². The van der Waals surface area contributed by atoms with Gasteiger partial charge in [0, 0.05) is 24.7 Å². The zero-order valence-corrected chi connectivity index (χ0v) is 14.2. The van der Waals surface area contributed by atoms with E-state index in [1.165, 1.54) is 23.7 Å². The molecule has 0 saturated carbocycles. The Bertz CT molecular complexity index is 774. The largest absolute Gasteiger partial charge is 0.472 e. The Morgan fingerprint density at radius 3 is 2.72 bits per heavy atom. The predicted octanol–water partition coefficient (Wildman–Crippen LogP) is 2.80. The highest BCUT2D eigenvalue weighted by Gasteiger charge is 2.26. The maximum Gasteiger partial charge on any atom is 0.257 e. The van der Waals surface area contributed by atoms with Crippen LogP contribution in [-0.4, -0.2) is 35.8 Å². The second-order valence-electron chi connectivity index (χ2n) is 6.85. The molecule has 5 nitrogen and oxygen atoms in total. The van der Waals surface area contributed by atoms with Gasteiger partial charge in [-0.15, -0.1) is 0 Å². The summed E-state index contributed by atoms with van der Waals surface area (Å²) in [7, 11) is 0. The van der Waals surface area contributed by atoms with Gasteiger partial charge >= 0.3 is 0 Å². The summed E-state index contributed by atoms with van der Waals surface area (Å²) in [6.07, 6.45) is 7.76. The average molecular weight is 338 g/mol. The number of piperidine rings is 1. The summed E-state index contributed by atoms with van der Waals surface area (Å²) < 4.78 is 4.98. The van der Waals surface area contributed by atoms with Crippen LogP contribution in [0, 0.1) is 0 Å². The van der Waals surface area contributed by atoms with Gasteiger partial charge in [0.2, 0.25) is 0 Å². The molecule has 5 heteroatoms. The molecule has 25 heavy (non-hydrogen) atoms. The van der Waals surface area contributed by atoms with E-state index < -0.39 is 0 Å². The molecule has 2 heterocycles. The second kappa shape index (κ2) is 6.75. The van der Waals surface area contributed by atoms with Gasteiger partial charge in [-0.1, -0.05) is 12.1 Å². The van der Waals surface area contributed by atoms with E-state index in [2.05, 4.69) is 11.4 Å². The number of furan rings is 1. The number of amides is 2. The molecule has 1 aliphatic carbocycles. The molecule has 1 N–H and O–H groups in total. The third-order valence-corrected chi connectivity index (χ3v) is 5.28. The monoisotopic (exact) mass is 338 g/mol. The van der Waals surface area contributed by atoms with Crippen LogP contribution in [-0.2, 0) is 12.8 Å². The lowest BCUT2D eigenvalue weighted by atomic mass is 10.0. The molecule has 1 aliphatic heterocycles. The van der Waals surface area contributed by atoms with Crippen molar-refractivity contribution < 1.29 is 14.0 Å². The Morgan fingerprint density at radius 2 is 1.96 bits per heavy atom. The average Bonchev–Trinajstić information content (AvgIpc) is 3.33. The number of rotatable bonds is 3. The highest BCUT2D eigenvalue weighted by Crippen LogP contribution is 2.25. The number of nitrogens with zero attached hydrogens (tertiary/aromatic N) is 1. The Balaban J connectivity index is 1.35. The normalized spacial score (nSPS) is 17.4. The SMILES string of the molecule is O=C(NC1CCN(C(=O)c2ccoc2)CC1)c1cccc2c1CCC2. The van der Waals surface area contributed by atoms with E-state index in [0.29, 0.717) is 18.7 Å². The van der Waals surface area contributed by atoms with Gasteiger partial charge in [-0.3, -0.25) is 9.59 Å². The Morgan fingerprint density at radius 1 is 1.12 bits per heavy atom. The molecule has 130 valence electrons. The van der Waals surface area contributed by atoms with Crippen LogP contribution in [0.2, 0.25) is 0 Å². The fourth-order valence-electron chi connectivity index (χ4n) is 3.89. The van der Waals surface area contributed by atoms with Crippen molar-refractivity contribution in [3.05, 3.63) is 59.0 Å². The fourth-order valence-corrected chi connectivity index (χ4v) is 3.89. The molecule has 0 spiro atoms. The van der Waals surface area contributed by atoms with Crippen LogP contribution in [0.25, 0.3) is 0 Å². The lowest BCUT2D eigenvalue weighted by Gasteiger charge is -2.32. The Labute approximate surface area is 147 Å². The van der Waals surface area contributed by atoms with Gasteiger partial charge in [-0.25, -0.2) is 0 Å². The van der Waals surface area contributed by atoms with E-state index in [1.807, 2.05) is 17.0 Å². The molecule has 2 amide bonds. The molecular weight excluding hydrogens is 316 g/mol. The summed E-state index contributed by atoms with van der Waals surface area (Å²) in [6, 6.07) is 7.84. The Hall–Kier alpha value is -2.56. The molecule has 0 atom stereocenters. The standard InChI is InChI=1S/C20H22N2O3/c23-19(18-6-2-4-14-3-1-5-17(14)18)21-16-7-10-22(11-8-16)20(24)15-9-12-25-13-15/h2,4,6,9,12-13,16H,1,3,5,7-8,10-11H2,(H,21,23). The molecule has 0 unspecified atom stereocenters. The molecular formula is C20H22N2O3. The zero-order valence-electron chi connectivity index (χ0n) is 14.2. The molecule has 1 fully saturated rings. The van der Waals surface area contributed by atoms with Gasteiger partial charge in [0.25, 0.3) is 11.8 Å². The minimum atomic E-state index is -0.000550. The number of aryl methyl sites for hydroxylation is 1. The minimum absolute atomic E-state index is 0.000550. The first kappa shape index (κ1) is 15.9. The molecule has 2 aromatic rings. The van der Waals surface area contributed by atoms with Crippen molar-refractivity contribution in [1.29, 1.82) is 0 Å². The van der Waals surface area contributed by atoms with Gasteiger partial charge < -0.3 is 14.6 Å². The smallest absolute Gasteiger partial charge is 0.257 e. The van der Waals surface area contributed by atoms with E-state index in [0.717, 1.165) is 37.7 Å². The van der Waals surface area contributed by atoms with Crippen LogP contribution in [0.3, 0.4) is 0 Å². The highest BCUT2D eigenvalue weighted by molar-refractivity contribution is 5.96. The molecule has 1 saturated heterocycles. The first-order valence-electron chi connectivity index (χ1n) is 8.95. The van der Waals surface area contributed by atoms with Gasteiger partial charge in [-0.2, -0.15) is 0 Å². The maximum atomic E-state index is 12.7. The number of carbonyl (C=O) groups is 2. The quantitative estimate of drug-likeness (QED) is 0.936. The number of likely N-dealkylation sites (tertiary alicyclic amines) is 1. The number of hydrogen-bond donors (Lipinski definition) is 1. The van der Waals surface area contributed by atoms with Crippen LogP contribution in [0.4, 0.5) is 0 Å². The predicted molar refractivity (Wildman–Crippen MR) is 93.6 cm³/mol. The molecule has 2 aliphatic rings. The molecule has 0 bridgehead atoms. The van der Waals surface area contributed by atoms with Crippen molar-refractivity contribution in [2.24, 2.45) is 0 Å². The molecule has 4 rings (SSSR count). The molecule has 1 aromatic carbocycles. The van der Waals surface area contributed by atoms with E-state index in [4.69, 9.17) is 4.42 Å². The number of carbonyl (C=O) groups excluding carboxylic acids is 2. The van der Waals surface area contributed by atoms with E-state index >= 15 is 0 Å². The fraction of sp³-hybridized carbons (Fsp3) is 0.400. The zero-order chi connectivity index (χ0) is 17.2. The van der Waals surface area contributed by atoms with Crippen molar-refractivity contribution in [2.75, 3.05) is 13.1 Å². The van der Waals surface area contributed by atoms with Gasteiger partial charge in [0.1, 0.15) is 6.26 Å². The summed E-state index contributed by atoms with van der Waals surface area (Å²) in [5.41, 5.74) is 3.94. The first-order valence-corrected chi connectivity index (χ1v) is 8.95. The van der Waals surface area contributed by atoms with Crippen molar-refractivity contribution in [3.63, 3.8) is 0 Å². The Kier molecular flexibility index (Phi) is 4.30. The van der Waals surface area contributed by atoms with Crippen molar-refractivity contribution in [1.82, 2.24) is 10.2 Å². The van der Waals surface area contributed by atoms with Crippen LogP contribution in [0.1, 0.15) is 51.1 Å². The summed E-state index contributed by atoms with van der Waals surface area (Å²) in [4.78, 5) is 26.8. The van der Waals surface area contributed by atoms with Gasteiger partial charge in [-0.05, 0) is 55.4 Å². The van der Waals surface area contributed by atoms with Crippen LogP contribution < -0.4 is 5.32 Å². The summed E-state index contributed by atoms with van der Waals surface area (Å²) in [5.74, 6) is 0.0257. The number of hydrogen-bond acceptors (Lipinski definition) is 3. The summed E-state index contributed by atoms with van der Waals surface area (Å²) in [6.45, 7) is 1.31. The van der Waals surface area contributed by atoms with Crippen molar-refractivity contribution in [3.8, 4) is 0 Å². The van der Waals surface area contributed by atoms with Crippen LogP contribution >= 0.6 is 0 Å². The maximum absolute atomic E-state index is 12.7. The van der Waals surface area contributed by atoms with Gasteiger partial charge in [0.15, 0.2) is 0 Å². The van der Waals surface area contributed by atoms with E-state index in [-0.39, 0.29) is 17.9 Å². The molecule has 1 aromatic heterocycles. The highest BCUT2D eigenvalue weighted by atomic mass is 16.3. The second-order valence-corrected chi connectivity index (χ2v) is 6.85. The number of nitrogens with one attached hydrogen (secondary N) is 1. The topological polar surface area (TPSA) is 62.6 Å². The van der Waals surface area contributed by atoms with Crippen molar-refractivity contribution >= 4 is 11.8 Å². The first-order chi connectivity index (χ1) is 12.2. The van der Waals surface area contributed by atoms with Gasteiger partial charge in [0.05, 0.1) is 11.8 Å². The third-order valence-electron chi connectivity index (χ3n) is 5.28. The van der Waals surface area contributed by atoms with E-state index in [1.54, 1.807) is 6.07 Å². The number of fused-ring (bicyclic) bond motifs is 1. The number of benzene rings is 1. The summed E-state index contributed by atoms with van der Waals surface area (Å²) in [5, 5.41) is 3.16. The third kappa shape index (κ3) is 3.18. The van der Waals surface area contributed by atoms with Crippen LogP contribution in [0.5, 0.6) is 0 Å². The molecule has 0 radical (unpaired) electrons. The van der Waals surface area contributed by atoms with E-state index in [9.17, 15) is 9.59 Å².